The molecule has 0 aliphatic rings. The molecule has 5 nitrogen and oxygen atoms in total. The van der Waals surface area contributed by atoms with Gasteiger partial charge in [0.15, 0.2) is 5.75 Å². The van der Waals surface area contributed by atoms with Gasteiger partial charge in [-0.05, 0) is 35.9 Å². The molecule has 0 amide bonds. The lowest BCUT2D eigenvalue weighted by Crippen LogP contribution is -2.06. The predicted octanol–water partition coefficient (Wildman–Crippen LogP) is 5.69. The van der Waals surface area contributed by atoms with Gasteiger partial charge in [0.25, 0.3) is 0 Å². The van der Waals surface area contributed by atoms with E-state index in [1.807, 2.05) is 30.3 Å². The van der Waals surface area contributed by atoms with E-state index in [-0.39, 0.29) is 6.61 Å². The number of halogens is 2. The Morgan fingerprint density at radius 1 is 0.967 bits per heavy atom. The molecule has 3 rings (SSSR count). The van der Waals surface area contributed by atoms with E-state index < -0.39 is 5.97 Å². The standard InChI is InChI=1S/C23H19Cl2NO4/c24-18-7-4-8-19(25)23(18)30-15-17-9-11-21(20(26-17)10-12-22(27)28)29-14-13-16-5-2-1-3-6-16/h1-12H,13-15H2,(H,27,28)/b12-10+. The van der Waals surface area contributed by atoms with E-state index in [1.54, 1.807) is 30.3 Å². The number of nitrogens with zero attached hydrogens (tertiary/aromatic N) is 1. The maximum absolute atomic E-state index is 10.9. The van der Waals surface area contributed by atoms with Crippen LogP contribution < -0.4 is 9.47 Å². The third-order valence-electron chi connectivity index (χ3n) is 4.10. The number of pyridine rings is 1. The highest BCUT2D eigenvalue weighted by Crippen LogP contribution is 2.33. The van der Waals surface area contributed by atoms with Gasteiger partial charge in [0.2, 0.25) is 0 Å². The first kappa shape index (κ1) is 21.7. The second kappa shape index (κ2) is 10.7. The maximum atomic E-state index is 10.9. The van der Waals surface area contributed by atoms with Gasteiger partial charge in [-0.15, -0.1) is 0 Å². The second-order valence-corrected chi connectivity index (χ2v) is 7.10. The number of carboxylic acid groups (broad SMARTS) is 1. The molecule has 0 atom stereocenters. The molecule has 0 fully saturated rings. The summed E-state index contributed by atoms with van der Waals surface area (Å²) in [6, 6.07) is 18.5. The number of aromatic nitrogens is 1. The lowest BCUT2D eigenvalue weighted by atomic mass is 10.2. The molecule has 0 radical (unpaired) electrons. The van der Waals surface area contributed by atoms with Crippen LogP contribution in [0.5, 0.6) is 11.5 Å². The Labute approximate surface area is 184 Å². The van der Waals surface area contributed by atoms with Crippen molar-refractivity contribution in [3.8, 4) is 11.5 Å². The number of ether oxygens (including phenoxy) is 2. The number of aliphatic carboxylic acids is 1. The van der Waals surface area contributed by atoms with E-state index in [2.05, 4.69) is 4.98 Å². The Morgan fingerprint density at radius 2 is 1.70 bits per heavy atom. The Kier molecular flexibility index (Phi) is 7.71. The molecule has 0 aliphatic heterocycles. The summed E-state index contributed by atoms with van der Waals surface area (Å²) in [6.07, 6.45) is 3.13. The normalized spacial score (nSPS) is 10.9. The van der Waals surface area contributed by atoms with Crippen LogP contribution in [0.3, 0.4) is 0 Å². The molecule has 0 saturated heterocycles. The Morgan fingerprint density at radius 3 is 2.40 bits per heavy atom. The first-order valence-corrected chi connectivity index (χ1v) is 9.93. The van der Waals surface area contributed by atoms with Gasteiger partial charge in [0.05, 0.1) is 22.3 Å². The highest BCUT2D eigenvalue weighted by atomic mass is 35.5. The SMILES string of the molecule is O=C(O)/C=C/c1nc(COc2c(Cl)cccc2Cl)ccc1OCCc1ccccc1. The lowest BCUT2D eigenvalue weighted by molar-refractivity contribution is -0.131. The minimum Gasteiger partial charge on any atom is -0.491 e. The minimum atomic E-state index is -1.07. The molecular formula is C23H19Cl2NO4. The van der Waals surface area contributed by atoms with Crippen molar-refractivity contribution in [2.24, 2.45) is 0 Å². The quantitative estimate of drug-likeness (QED) is 0.430. The molecule has 0 spiro atoms. The van der Waals surface area contributed by atoms with E-state index >= 15 is 0 Å². The number of hydrogen-bond acceptors (Lipinski definition) is 4. The van der Waals surface area contributed by atoms with E-state index in [4.69, 9.17) is 37.8 Å². The average Bonchev–Trinajstić information content (AvgIpc) is 2.73. The molecule has 0 unspecified atom stereocenters. The van der Waals surface area contributed by atoms with Crippen LogP contribution >= 0.6 is 23.2 Å². The zero-order valence-electron chi connectivity index (χ0n) is 15.9. The zero-order valence-corrected chi connectivity index (χ0v) is 17.4. The molecule has 7 heteroatoms. The van der Waals surface area contributed by atoms with Crippen LogP contribution in [-0.2, 0) is 17.8 Å². The summed E-state index contributed by atoms with van der Waals surface area (Å²) < 4.78 is 11.5. The van der Waals surface area contributed by atoms with Gasteiger partial charge in [-0.1, -0.05) is 59.6 Å². The highest BCUT2D eigenvalue weighted by molar-refractivity contribution is 6.37. The second-order valence-electron chi connectivity index (χ2n) is 6.28. The van der Waals surface area contributed by atoms with Crippen molar-refractivity contribution in [1.82, 2.24) is 4.98 Å². The monoisotopic (exact) mass is 443 g/mol. The highest BCUT2D eigenvalue weighted by Gasteiger charge is 2.10. The van der Waals surface area contributed by atoms with Gasteiger partial charge >= 0.3 is 5.97 Å². The van der Waals surface area contributed by atoms with Crippen LogP contribution in [0.2, 0.25) is 10.0 Å². The number of para-hydroxylation sites is 1. The fourth-order valence-corrected chi connectivity index (χ4v) is 3.17. The lowest BCUT2D eigenvalue weighted by Gasteiger charge is -2.12. The molecule has 30 heavy (non-hydrogen) atoms. The molecule has 0 saturated carbocycles. The fourth-order valence-electron chi connectivity index (χ4n) is 2.67. The van der Waals surface area contributed by atoms with Crippen LogP contribution in [0.15, 0.2) is 66.7 Å². The summed E-state index contributed by atoms with van der Waals surface area (Å²) in [5.41, 5.74) is 2.12. The summed E-state index contributed by atoms with van der Waals surface area (Å²) in [7, 11) is 0. The van der Waals surface area contributed by atoms with Crippen LogP contribution in [0, 0.1) is 0 Å². The third kappa shape index (κ3) is 6.24. The zero-order chi connectivity index (χ0) is 21.3. The molecule has 2 aromatic carbocycles. The maximum Gasteiger partial charge on any atom is 0.328 e. The van der Waals surface area contributed by atoms with Crippen LogP contribution in [0.4, 0.5) is 0 Å². The van der Waals surface area contributed by atoms with Crippen molar-refractivity contribution >= 4 is 35.2 Å². The van der Waals surface area contributed by atoms with Gasteiger partial charge in [0.1, 0.15) is 18.1 Å². The Hall–Kier alpha value is -3.02. The number of benzene rings is 2. The van der Waals surface area contributed by atoms with Gasteiger partial charge in [-0.3, -0.25) is 0 Å². The largest absolute Gasteiger partial charge is 0.491 e. The Balaban J connectivity index is 1.72. The summed E-state index contributed by atoms with van der Waals surface area (Å²) in [4.78, 5) is 15.4. The third-order valence-corrected chi connectivity index (χ3v) is 4.70. The van der Waals surface area contributed by atoms with Gasteiger partial charge in [0, 0.05) is 12.5 Å². The van der Waals surface area contributed by atoms with Gasteiger partial charge < -0.3 is 14.6 Å². The molecule has 1 aromatic heterocycles. The smallest absolute Gasteiger partial charge is 0.328 e. The molecule has 154 valence electrons. The summed E-state index contributed by atoms with van der Waals surface area (Å²) >= 11 is 12.2. The van der Waals surface area contributed by atoms with E-state index in [9.17, 15) is 4.79 Å². The molecule has 1 N–H and O–H groups in total. The van der Waals surface area contributed by atoms with Crippen molar-refractivity contribution in [1.29, 1.82) is 0 Å². The van der Waals surface area contributed by atoms with Crippen molar-refractivity contribution in [2.75, 3.05) is 6.61 Å². The fraction of sp³-hybridized carbons (Fsp3) is 0.130. The first-order valence-electron chi connectivity index (χ1n) is 9.17. The van der Waals surface area contributed by atoms with Crippen LogP contribution in [0.1, 0.15) is 17.0 Å². The topological polar surface area (TPSA) is 68.7 Å². The van der Waals surface area contributed by atoms with Gasteiger partial charge in [-0.2, -0.15) is 0 Å². The molecule has 0 aliphatic carbocycles. The first-order chi connectivity index (χ1) is 14.5. The van der Waals surface area contributed by atoms with Crippen molar-refractivity contribution in [3.05, 3.63) is 93.7 Å². The molecule has 0 bridgehead atoms. The average molecular weight is 444 g/mol. The summed E-state index contributed by atoms with van der Waals surface area (Å²) in [6.45, 7) is 0.548. The number of hydrogen-bond donors (Lipinski definition) is 1. The molecular weight excluding hydrogens is 425 g/mol. The number of rotatable bonds is 9. The Bertz CT molecular complexity index is 1020. The van der Waals surface area contributed by atoms with E-state index in [1.165, 1.54) is 6.08 Å². The predicted molar refractivity (Wildman–Crippen MR) is 117 cm³/mol. The summed E-state index contributed by atoms with van der Waals surface area (Å²) in [5.74, 6) is -0.215. The van der Waals surface area contributed by atoms with Crippen LogP contribution in [0.25, 0.3) is 6.08 Å². The minimum absolute atomic E-state index is 0.113. The van der Waals surface area contributed by atoms with E-state index in [0.717, 1.165) is 18.1 Å². The van der Waals surface area contributed by atoms with Crippen LogP contribution in [-0.4, -0.2) is 22.7 Å². The molecule has 3 aromatic rings. The number of carboxylic acids is 1. The van der Waals surface area contributed by atoms with Crippen molar-refractivity contribution in [3.63, 3.8) is 0 Å². The van der Waals surface area contributed by atoms with Crippen molar-refractivity contribution in [2.45, 2.75) is 13.0 Å². The van der Waals surface area contributed by atoms with Gasteiger partial charge in [-0.25, -0.2) is 9.78 Å². The van der Waals surface area contributed by atoms with Crippen molar-refractivity contribution < 1.29 is 19.4 Å². The number of carbonyl (C=O) groups is 1. The summed E-state index contributed by atoms with van der Waals surface area (Å²) in [5, 5.41) is 9.76. The van der Waals surface area contributed by atoms with E-state index in [0.29, 0.717) is 39.5 Å². The molecule has 1 heterocycles.